The van der Waals surface area contributed by atoms with Crippen LogP contribution in [0.25, 0.3) is 5.69 Å². The molecule has 1 atom stereocenters. The molecule has 0 saturated heterocycles. The summed E-state index contributed by atoms with van der Waals surface area (Å²) in [5, 5.41) is 10.5. The fourth-order valence-electron chi connectivity index (χ4n) is 1.61. The SMILES string of the molecule is CC(N)CC(=O)Nc1ccccc1-n1ccnn1. The van der Waals surface area contributed by atoms with Gasteiger partial charge >= 0.3 is 0 Å². The molecule has 1 unspecified atom stereocenters. The molecule has 6 nitrogen and oxygen atoms in total. The first-order valence-corrected chi connectivity index (χ1v) is 5.68. The van der Waals surface area contributed by atoms with Gasteiger partial charge < -0.3 is 11.1 Å². The lowest BCUT2D eigenvalue weighted by atomic mass is 10.2. The fraction of sp³-hybridized carbons (Fsp3) is 0.250. The third-order valence-corrected chi connectivity index (χ3v) is 2.35. The molecule has 2 rings (SSSR count). The van der Waals surface area contributed by atoms with Gasteiger partial charge in [-0.15, -0.1) is 5.10 Å². The van der Waals surface area contributed by atoms with Gasteiger partial charge in [0.15, 0.2) is 0 Å². The minimum absolute atomic E-state index is 0.113. The quantitative estimate of drug-likeness (QED) is 0.839. The number of anilines is 1. The van der Waals surface area contributed by atoms with Crippen molar-refractivity contribution >= 4 is 11.6 Å². The average Bonchev–Trinajstić information content (AvgIpc) is 2.81. The van der Waals surface area contributed by atoms with Crippen LogP contribution in [0.4, 0.5) is 5.69 Å². The summed E-state index contributed by atoms with van der Waals surface area (Å²) in [6.45, 7) is 1.79. The number of benzene rings is 1. The van der Waals surface area contributed by atoms with E-state index in [1.54, 1.807) is 24.0 Å². The van der Waals surface area contributed by atoms with Crippen LogP contribution in [0.3, 0.4) is 0 Å². The van der Waals surface area contributed by atoms with Gasteiger partial charge in [0.1, 0.15) is 0 Å². The number of nitrogens with one attached hydrogen (secondary N) is 1. The number of hydrogen-bond donors (Lipinski definition) is 2. The van der Waals surface area contributed by atoms with Crippen LogP contribution in [0.1, 0.15) is 13.3 Å². The van der Waals surface area contributed by atoms with E-state index in [1.165, 1.54) is 0 Å². The third-order valence-electron chi connectivity index (χ3n) is 2.35. The van der Waals surface area contributed by atoms with Gasteiger partial charge in [-0.2, -0.15) is 0 Å². The first-order valence-electron chi connectivity index (χ1n) is 5.68. The molecule has 0 aliphatic carbocycles. The number of carbonyl (C=O) groups is 1. The van der Waals surface area contributed by atoms with Gasteiger partial charge in [-0.25, -0.2) is 4.68 Å². The van der Waals surface area contributed by atoms with Gasteiger partial charge in [0, 0.05) is 12.5 Å². The van der Waals surface area contributed by atoms with E-state index in [1.807, 2.05) is 24.3 Å². The molecule has 0 aliphatic heterocycles. The Morgan fingerprint density at radius 3 is 2.94 bits per heavy atom. The summed E-state index contributed by atoms with van der Waals surface area (Å²) in [5.41, 5.74) is 7.05. The summed E-state index contributed by atoms with van der Waals surface area (Å²) in [4.78, 5) is 11.7. The molecule has 2 aromatic rings. The Labute approximate surface area is 105 Å². The number of carbonyl (C=O) groups excluding carboxylic acids is 1. The minimum atomic E-state index is -0.163. The van der Waals surface area contributed by atoms with Crippen LogP contribution in [0, 0.1) is 0 Å². The number of amides is 1. The van der Waals surface area contributed by atoms with E-state index in [0.717, 1.165) is 5.69 Å². The lowest BCUT2D eigenvalue weighted by Crippen LogP contribution is -2.24. The Bertz CT molecular complexity index is 521. The predicted octanol–water partition coefficient (Wildman–Crippen LogP) is 0.943. The zero-order valence-corrected chi connectivity index (χ0v) is 10.1. The standard InChI is InChI=1S/C12H15N5O/c1-9(13)8-12(18)15-10-4-2-3-5-11(10)17-7-6-14-16-17/h2-7,9H,8,13H2,1H3,(H,15,18). The zero-order chi connectivity index (χ0) is 13.0. The van der Waals surface area contributed by atoms with Gasteiger partial charge in [0.25, 0.3) is 0 Å². The smallest absolute Gasteiger partial charge is 0.225 e. The Morgan fingerprint density at radius 2 is 2.28 bits per heavy atom. The summed E-state index contributed by atoms with van der Waals surface area (Å²) >= 11 is 0. The van der Waals surface area contributed by atoms with Gasteiger partial charge in [-0.05, 0) is 19.1 Å². The van der Waals surface area contributed by atoms with Crippen molar-refractivity contribution in [2.24, 2.45) is 5.73 Å². The molecule has 94 valence electrons. The Balaban J connectivity index is 2.21. The topological polar surface area (TPSA) is 85.8 Å². The normalized spacial score (nSPS) is 12.1. The lowest BCUT2D eigenvalue weighted by Gasteiger charge is -2.11. The Hall–Kier alpha value is -2.21. The molecule has 0 bridgehead atoms. The van der Waals surface area contributed by atoms with Crippen LogP contribution >= 0.6 is 0 Å². The van der Waals surface area contributed by atoms with Crippen LogP contribution in [0.2, 0.25) is 0 Å². The van der Waals surface area contributed by atoms with Crippen molar-refractivity contribution in [1.82, 2.24) is 15.0 Å². The second-order valence-electron chi connectivity index (χ2n) is 4.09. The molecule has 0 saturated carbocycles. The molecule has 0 radical (unpaired) electrons. The average molecular weight is 245 g/mol. The molecule has 6 heteroatoms. The molecule has 1 aromatic heterocycles. The number of nitrogens with two attached hydrogens (primary N) is 1. The molecular weight excluding hydrogens is 230 g/mol. The van der Waals surface area contributed by atoms with Crippen molar-refractivity contribution in [3.63, 3.8) is 0 Å². The maximum atomic E-state index is 11.7. The summed E-state index contributed by atoms with van der Waals surface area (Å²) < 4.78 is 1.60. The number of para-hydroxylation sites is 2. The van der Waals surface area contributed by atoms with Crippen molar-refractivity contribution in [3.05, 3.63) is 36.7 Å². The third kappa shape index (κ3) is 2.92. The molecule has 1 aromatic carbocycles. The van der Waals surface area contributed by atoms with E-state index in [-0.39, 0.29) is 18.4 Å². The van der Waals surface area contributed by atoms with Crippen molar-refractivity contribution < 1.29 is 4.79 Å². The van der Waals surface area contributed by atoms with E-state index >= 15 is 0 Å². The summed E-state index contributed by atoms with van der Waals surface area (Å²) in [7, 11) is 0. The molecule has 3 N–H and O–H groups in total. The number of hydrogen-bond acceptors (Lipinski definition) is 4. The lowest BCUT2D eigenvalue weighted by molar-refractivity contribution is -0.116. The van der Waals surface area contributed by atoms with Crippen LogP contribution in [0.5, 0.6) is 0 Å². The second kappa shape index (κ2) is 5.42. The number of aromatic nitrogens is 3. The van der Waals surface area contributed by atoms with Crippen molar-refractivity contribution in [2.45, 2.75) is 19.4 Å². The van der Waals surface area contributed by atoms with E-state index < -0.39 is 0 Å². The van der Waals surface area contributed by atoms with Gasteiger partial charge in [0.05, 0.1) is 23.8 Å². The molecular formula is C12H15N5O. The van der Waals surface area contributed by atoms with Gasteiger partial charge in [-0.1, -0.05) is 17.3 Å². The zero-order valence-electron chi connectivity index (χ0n) is 10.1. The van der Waals surface area contributed by atoms with E-state index in [2.05, 4.69) is 15.6 Å². The van der Waals surface area contributed by atoms with E-state index in [9.17, 15) is 4.79 Å². The molecule has 1 heterocycles. The summed E-state index contributed by atoms with van der Waals surface area (Å²) in [6.07, 6.45) is 3.59. The van der Waals surface area contributed by atoms with Gasteiger partial charge in [-0.3, -0.25) is 4.79 Å². The largest absolute Gasteiger partial charge is 0.327 e. The highest BCUT2D eigenvalue weighted by atomic mass is 16.1. The first-order chi connectivity index (χ1) is 8.66. The first kappa shape index (κ1) is 12.3. The summed E-state index contributed by atoms with van der Waals surface area (Å²) in [6, 6.07) is 7.23. The molecule has 0 fully saturated rings. The van der Waals surface area contributed by atoms with Crippen molar-refractivity contribution in [2.75, 3.05) is 5.32 Å². The maximum absolute atomic E-state index is 11.7. The van der Waals surface area contributed by atoms with Crippen LogP contribution in [0.15, 0.2) is 36.7 Å². The predicted molar refractivity (Wildman–Crippen MR) is 68.3 cm³/mol. The number of rotatable bonds is 4. The van der Waals surface area contributed by atoms with E-state index in [4.69, 9.17) is 5.73 Å². The highest BCUT2D eigenvalue weighted by Crippen LogP contribution is 2.18. The molecule has 1 amide bonds. The van der Waals surface area contributed by atoms with Gasteiger partial charge in [0.2, 0.25) is 5.91 Å². The highest BCUT2D eigenvalue weighted by molar-refractivity contribution is 5.93. The second-order valence-corrected chi connectivity index (χ2v) is 4.09. The minimum Gasteiger partial charge on any atom is -0.327 e. The molecule has 18 heavy (non-hydrogen) atoms. The van der Waals surface area contributed by atoms with E-state index in [0.29, 0.717) is 5.69 Å². The Kier molecular flexibility index (Phi) is 3.69. The monoisotopic (exact) mass is 245 g/mol. The summed E-state index contributed by atoms with van der Waals surface area (Å²) in [5.74, 6) is -0.113. The Morgan fingerprint density at radius 1 is 1.50 bits per heavy atom. The number of nitrogens with zero attached hydrogens (tertiary/aromatic N) is 3. The molecule has 0 spiro atoms. The van der Waals surface area contributed by atoms with Crippen molar-refractivity contribution in [1.29, 1.82) is 0 Å². The maximum Gasteiger partial charge on any atom is 0.225 e. The van der Waals surface area contributed by atoms with Crippen LogP contribution < -0.4 is 11.1 Å². The van der Waals surface area contributed by atoms with Crippen LogP contribution in [-0.2, 0) is 4.79 Å². The molecule has 0 aliphatic rings. The highest BCUT2D eigenvalue weighted by Gasteiger charge is 2.09. The van der Waals surface area contributed by atoms with Crippen LogP contribution in [-0.4, -0.2) is 26.9 Å². The fourth-order valence-corrected chi connectivity index (χ4v) is 1.61. The van der Waals surface area contributed by atoms with Crippen molar-refractivity contribution in [3.8, 4) is 5.69 Å².